The molecule has 0 aromatic rings. The summed E-state index contributed by atoms with van der Waals surface area (Å²) in [5.41, 5.74) is 0.642. The van der Waals surface area contributed by atoms with Gasteiger partial charge < -0.3 is 9.80 Å². The highest BCUT2D eigenvalue weighted by molar-refractivity contribution is 7.67. The van der Waals surface area contributed by atoms with Crippen molar-refractivity contribution >= 4 is 16.9 Å². The molecule has 4 rings (SSSR count). The predicted octanol–water partition coefficient (Wildman–Crippen LogP) is 7.24. The predicted molar refractivity (Wildman–Crippen MR) is 177 cm³/mol. The van der Waals surface area contributed by atoms with E-state index in [4.69, 9.17) is 4.18 Å². The summed E-state index contributed by atoms with van der Waals surface area (Å²) in [5.74, 6) is 6.09. The number of carbonyl (C=O) groups is 1. The Morgan fingerprint density at radius 1 is 0.907 bits per heavy atom. The topological polar surface area (TPSA) is 72.5 Å². The maximum absolute atomic E-state index is 13.9. The Morgan fingerprint density at radius 3 is 2.37 bits per heavy atom. The summed E-state index contributed by atoms with van der Waals surface area (Å²) in [6, 6.07) is 0. The minimum absolute atomic E-state index is 0.144. The number of hydrogen-bond acceptors (Lipinski definition) is 4. The van der Waals surface area contributed by atoms with E-state index >= 15 is 0 Å². The van der Waals surface area contributed by atoms with Gasteiger partial charge in [-0.1, -0.05) is 60.3 Å². The molecule has 4 aliphatic rings. The summed E-state index contributed by atoms with van der Waals surface area (Å²) in [6.07, 6.45) is 17.7. The molecule has 1 N–H and O–H groups in total. The van der Waals surface area contributed by atoms with Gasteiger partial charge in [0.05, 0.1) is 33.8 Å². The molecular formula is C36H67N2O4S+. The Labute approximate surface area is 266 Å². The highest BCUT2D eigenvalue weighted by atomic mass is 32.2. The van der Waals surface area contributed by atoms with Crippen molar-refractivity contribution in [3.63, 3.8) is 0 Å². The summed E-state index contributed by atoms with van der Waals surface area (Å²) >= 11 is 0. The maximum Gasteiger partial charge on any atom is 0.257 e. The van der Waals surface area contributed by atoms with Crippen LogP contribution < -0.4 is 5.32 Å². The number of hydrogen-bond donors (Lipinski definition) is 2. The molecule has 0 aromatic heterocycles. The van der Waals surface area contributed by atoms with Crippen LogP contribution in [0.5, 0.6) is 0 Å². The van der Waals surface area contributed by atoms with Crippen LogP contribution in [0.4, 0.5) is 0 Å². The molecule has 0 saturated heterocycles. The van der Waals surface area contributed by atoms with Crippen LogP contribution in [0.15, 0.2) is 0 Å². The van der Waals surface area contributed by atoms with Crippen LogP contribution in [0.3, 0.4) is 0 Å². The second-order valence-corrected chi connectivity index (χ2v) is 17.7. The maximum atomic E-state index is 13.9. The van der Waals surface area contributed by atoms with Gasteiger partial charge in [0, 0.05) is 25.3 Å². The molecule has 0 aliphatic heterocycles. The molecule has 7 heteroatoms. The smallest absolute Gasteiger partial charge is 0.257 e. The molecule has 0 bridgehead atoms. The molecule has 0 radical (unpaired) electrons. The number of nitrogens with zero attached hydrogens (tertiary/aromatic N) is 1. The molecule has 250 valence electrons. The van der Waals surface area contributed by atoms with Crippen LogP contribution in [0.2, 0.25) is 0 Å². The van der Waals surface area contributed by atoms with Crippen molar-refractivity contribution in [1.82, 2.24) is 5.32 Å². The van der Waals surface area contributed by atoms with Gasteiger partial charge in [0.1, 0.15) is 0 Å². The van der Waals surface area contributed by atoms with Crippen LogP contribution in [0, 0.1) is 58.2 Å². The molecule has 6 nitrogen and oxygen atoms in total. The SMILES string of the molecule is CC(C)CCC[C@@H](C)[C@H]1CC[C@H]2[C@@H]3CCC4CCCC(C(=O)NCCC[N+](C)(C)CCCO[SH](=O)=O)[C@]4(C)[C@H]3CC[C@]12C. The van der Waals surface area contributed by atoms with Gasteiger partial charge in [0.2, 0.25) is 5.91 Å². The van der Waals surface area contributed by atoms with E-state index in [9.17, 15) is 13.2 Å². The number of fused-ring (bicyclic) bond motifs is 5. The number of rotatable bonds is 15. The highest BCUT2D eigenvalue weighted by Crippen LogP contribution is 2.69. The van der Waals surface area contributed by atoms with E-state index < -0.39 is 11.0 Å². The third-order valence-electron chi connectivity index (χ3n) is 13.6. The van der Waals surface area contributed by atoms with E-state index in [1.54, 1.807) is 0 Å². The van der Waals surface area contributed by atoms with Crippen molar-refractivity contribution in [1.29, 1.82) is 0 Å². The van der Waals surface area contributed by atoms with Crippen LogP contribution in [-0.2, 0) is 20.0 Å². The van der Waals surface area contributed by atoms with Crippen molar-refractivity contribution in [2.45, 2.75) is 125 Å². The van der Waals surface area contributed by atoms with E-state index in [2.05, 4.69) is 54.0 Å². The number of nitrogens with one attached hydrogen (secondary N) is 1. The molecule has 0 spiro atoms. The third kappa shape index (κ3) is 8.02. The van der Waals surface area contributed by atoms with Crippen molar-refractivity contribution in [3.8, 4) is 0 Å². The minimum atomic E-state index is -2.76. The van der Waals surface area contributed by atoms with Crippen molar-refractivity contribution in [3.05, 3.63) is 0 Å². The zero-order valence-electron chi connectivity index (χ0n) is 28.9. The first kappa shape index (κ1) is 35.2. The molecule has 4 saturated carbocycles. The number of carbonyl (C=O) groups excluding carboxylic acids is 1. The van der Waals surface area contributed by atoms with Crippen molar-refractivity contribution in [2.24, 2.45) is 58.2 Å². The molecule has 0 aromatic carbocycles. The Bertz CT molecular complexity index is 990. The summed E-state index contributed by atoms with van der Waals surface area (Å²) in [7, 11) is 1.58. The summed E-state index contributed by atoms with van der Waals surface area (Å²) < 4.78 is 26.8. The molecule has 4 fully saturated rings. The highest BCUT2D eigenvalue weighted by Gasteiger charge is 2.62. The molecular weight excluding hydrogens is 556 g/mol. The van der Waals surface area contributed by atoms with Gasteiger partial charge in [-0.2, -0.15) is 0 Å². The molecule has 4 aliphatic carbocycles. The van der Waals surface area contributed by atoms with Crippen LogP contribution in [0.1, 0.15) is 125 Å². The fourth-order valence-electron chi connectivity index (χ4n) is 11.4. The van der Waals surface area contributed by atoms with Gasteiger partial charge in [-0.15, -0.1) is 0 Å². The summed E-state index contributed by atoms with van der Waals surface area (Å²) in [4.78, 5) is 13.9. The average Bonchev–Trinajstić information content (AvgIpc) is 3.30. The lowest BCUT2D eigenvalue weighted by atomic mass is 9.42. The first-order valence-electron chi connectivity index (χ1n) is 18.2. The molecule has 9 atom stereocenters. The lowest BCUT2D eigenvalue weighted by molar-refractivity contribution is -0.890. The van der Waals surface area contributed by atoms with Crippen LogP contribution >= 0.6 is 0 Å². The van der Waals surface area contributed by atoms with Gasteiger partial charge in [-0.3, -0.25) is 8.98 Å². The van der Waals surface area contributed by atoms with Gasteiger partial charge >= 0.3 is 0 Å². The van der Waals surface area contributed by atoms with Gasteiger partial charge in [0.15, 0.2) is 0 Å². The van der Waals surface area contributed by atoms with Gasteiger partial charge in [-0.05, 0) is 104 Å². The number of thiol groups is 1. The monoisotopic (exact) mass is 623 g/mol. The largest absolute Gasteiger partial charge is 0.356 e. The van der Waals surface area contributed by atoms with E-state index in [0.29, 0.717) is 29.6 Å². The van der Waals surface area contributed by atoms with E-state index in [1.807, 2.05) is 0 Å². The molecule has 43 heavy (non-hydrogen) atoms. The van der Waals surface area contributed by atoms with E-state index in [-0.39, 0.29) is 17.9 Å². The Morgan fingerprint density at radius 2 is 1.65 bits per heavy atom. The molecule has 0 heterocycles. The second kappa shape index (κ2) is 14.8. The second-order valence-electron chi connectivity index (χ2n) is 17.0. The molecule has 1 amide bonds. The van der Waals surface area contributed by atoms with E-state index in [0.717, 1.165) is 66.5 Å². The van der Waals surface area contributed by atoms with Crippen molar-refractivity contribution < 1.29 is 21.9 Å². The zero-order valence-corrected chi connectivity index (χ0v) is 29.8. The lowest BCUT2D eigenvalue weighted by Crippen LogP contribution is -2.58. The zero-order chi connectivity index (χ0) is 31.4. The Hall–Kier alpha value is -0.660. The first-order valence-corrected chi connectivity index (χ1v) is 19.3. The fraction of sp³-hybridized carbons (Fsp3) is 0.972. The van der Waals surface area contributed by atoms with Gasteiger partial charge in [-0.25, -0.2) is 8.42 Å². The quantitative estimate of drug-likeness (QED) is 0.115. The summed E-state index contributed by atoms with van der Waals surface area (Å²) in [6.45, 7) is 15.3. The lowest BCUT2D eigenvalue weighted by Gasteiger charge is -2.62. The number of quaternary nitrogens is 1. The van der Waals surface area contributed by atoms with Crippen LogP contribution in [-0.4, -0.2) is 59.1 Å². The standard InChI is InChI=1S/C36H66N2O4S/c1-26(2)12-8-13-27(3)30-18-19-31-29-17-16-28-14-9-15-33(36(28,5)32(29)20-21-35(30,31)4)34(39)37-22-10-23-38(6,7)24-11-25-42-43(40)41/h26-33,43H,8-25H2,1-7H3/p+1/t27-,28?,29+,30-,31+,32+,33?,35-,36+/m1/s1. The molecule has 2 unspecified atom stereocenters. The summed E-state index contributed by atoms with van der Waals surface area (Å²) in [5, 5.41) is 3.41. The Balaban J connectivity index is 1.35. The third-order valence-corrected chi connectivity index (χ3v) is 14.0. The normalized spacial score (nSPS) is 36.7. The minimum Gasteiger partial charge on any atom is -0.356 e. The van der Waals surface area contributed by atoms with E-state index in [1.165, 1.54) is 70.6 Å². The fourth-order valence-corrected chi connectivity index (χ4v) is 11.6. The first-order chi connectivity index (χ1) is 20.3. The average molecular weight is 624 g/mol. The van der Waals surface area contributed by atoms with Crippen molar-refractivity contribution in [2.75, 3.05) is 40.3 Å². The van der Waals surface area contributed by atoms with Crippen LogP contribution in [0.25, 0.3) is 0 Å². The Kier molecular flexibility index (Phi) is 12.1. The number of amides is 1. The van der Waals surface area contributed by atoms with Gasteiger partial charge in [0.25, 0.3) is 11.0 Å².